The van der Waals surface area contributed by atoms with E-state index in [1.165, 1.54) is 0 Å². The molecule has 1 fully saturated rings. The van der Waals surface area contributed by atoms with Gasteiger partial charge in [0.25, 0.3) is 0 Å². The second-order valence-electron chi connectivity index (χ2n) is 15.3. The van der Waals surface area contributed by atoms with E-state index in [4.69, 9.17) is 35.9 Å². The molecule has 47 heavy (non-hydrogen) atoms. The molecule has 2 aromatic heterocycles. The van der Waals surface area contributed by atoms with Gasteiger partial charge in [-0.15, -0.1) is 0 Å². The van der Waals surface area contributed by atoms with Gasteiger partial charge >= 0.3 is 5.97 Å². The quantitative estimate of drug-likeness (QED) is 0.0698. The maximum absolute atomic E-state index is 12.3. The SMILES string of the molecule is CCOC(=O)C(O)C1(O)CCC(c2cc(N(COCC[Si](C)(C)C)COCC[Si](C)(C)C)n3ncc(C4C=NC(Cl)=CC4)c3n2)CC1. The number of rotatable bonds is 16. The van der Waals surface area contributed by atoms with Crippen molar-refractivity contribution in [3.8, 4) is 0 Å². The van der Waals surface area contributed by atoms with Gasteiger partial charge in [0, 0.05) is 64.7 Å². The topological polar surface area (TPSA) is 131 Å². The van der Waals surface area contributed by atoms with Crippen molar-refractivity contribution in [1.29, 1.82) is 0 Å². The summed E-state index contributed by atoms with van der Waals surface area (Å²) in [5, 5.41) is 27.1. The molecule has 3 heterocycles. The number of nitrogens with zero attached hydrogens (tertiary/aromatic N) is 5. The molecule has 4 rings (SSSR count). The number of aliphatic hydroxyl groups is 2. The van der Waals surface area contributed by atoms with E-state index in [-0.39, 0.29) is 31.3 Å². The zero-order valence-corrected chi connectivity index (χ0v) is 31.9. The predicted molar refractivity (Wildman–Crippen MR) is 192 cm³/mol. The van der Waals surface area contributed by atoms with Crippen LogP contribution in [0, 0.1) is 0 Å². The number of esters is 1. The molecular weight excluding hydrogens is 654 g/mol. The summed E-state index contributed by atoms with van der Waals surface area (Å²) < 4.78 is 19.4. The highest BCUT2D eigenvalue weighted by molar-refractivity contribution is 6.76. The first kappa shape index (κ1) is 37.7. The lowest BCUT2D eigenvalue weighted by molar-refractivity contribution is -0.173. The van der Waals surface area contributed by atoms with Gasteiger partial charge in [-0.2, -0.15) is 9.61 Å². The average molecular weight is 708 g/mol. The molecule has 0 amide bonds. The molecule has 2 N–H and O–H groups in total. The number of aliphatic imine (C=N–C) groups is 1. The minimum Gasteiger partial charge on any atom is -0.464 e. The largest absolute Gasteiger partial charge is 0.464 e. The van der Waals surface area contributed by atoms with Crippen molar-refractivity contribution in [3.05, 3.63) is 34.8 Å². The summed E-state index contributed by atoms with van der Waals surface area (Å²) in [6, 6.07) is 4.16. The first-order valence-corrected chi connectivity index (χ1v) is 24.7. The van der Waals surface area contributed by atoms with Crippen molar-refractivity contribution in [3.63, 3.8) is 0 Å². The Hall–Kier alpha value is -2.14. The first-order valence-electron chi connectivity index (χ1n) is 16.9. The summed E-state index contributed by atoms with van der Waals surface area (Å²) >= 11 is 6.14. The number of ether oxygens (including phenoxy) is 3. The van der Waals surface area contributed by atoms with Gasteiger partial charge in [0.2, 0.25) is 0 Å². The Balaban J connectivity index is 1.67. The summed E-state index contributed by atoms with van der Waals surface area (Å²) in [5.41, 5.74) is 0.989. The third kappa shape index (κ3) is 10.4. The van der Waals surface area contributed by atoms with Crippen LogP contribution < -0.4 is 4.90 Å². The predicted octanol–water partition coefficient (Wildman–Crippen LogP) is 6.11. The Morgan fingerprint density at radius 2 is 1.72 bits per heavy atom. The van der Waals surface area contributed by atoms with E-state index < -0.39 is 33.8 Å². The molecule has 0 bridgehead atoms. The van der Waals surface area contributed by atoms with E-state index >= 15 is 0 Å². The highest BCUT2D eigenvalue weighted by Crippen LogP contribution is 2.41. The van der Waals surface area contributed by atoms with Crippen LogP contribution in [0.2, 0.25) is 51.4 Å². The van der Waals surface area contributed by atoms with Crippen molar-refractivity contribution < 1.29 is 29.2 Å². The van der Waals surface area contributed by atoms with Gasteiger partial charge in [-0.1, -0.05) is 50.9 Å². The third-order valence-electron chi connectivity index (χ3n) is 8.92. The van der Waals surface area contributed by atoms with Crippen LogP contribution in [0.15, 0.2) is 28.5 Å². The molecule has 2 atom stereocenters. The number of aliphatic hydroxyl groups excluding tert-OH is 1. The van der Waals surface area contributed by atoms with Crippen molar-refractivity contribution in [2.45, 2.75) is 114 Å². The van der Waals surface area contributed by atoms with Crippen LogP contribution in [0.1, 0.15) is 62.1 Å². The van der Waals surface area contributed by atoms with Gasteiger partial charge in [0.05, 0.1) is 12.8 Å². The fraction of sp³-hybridized carbons (Fsp3) is 0.697. The zero-order chi connectivity index (χ0) is 34.4. The monoisotopic (exact) mass is 707 g/mol. The fourth-order valence-electron chi connectivity index (χ4n) is 5.79. The van der Waals surface area contributed by atoms with E-state index in [1.54, 1.807) is 6.92 Å². The Bertz CT molecular complexity index is 1390. The number of carbonyl (C=O) groups is 1. The molecule has 262 valence electrons. The summed E-state index contributed by atoms with van der Waals surface area (Å²) in [6.07, 6.45) is 6.29. The van der Waals surface area contributed by atoms with E-state index in [1.807, 2.05) is 23.0 Å². The maximum Gasteiger partial charge on any atom is 0.337 e. The molecule has 11 nitrogen and oxygen atoms in total. The molecular formula is C33H54ClN5O6Si2. The standard InChI is InChI=1S/C33H54ClN5O6Si2/c1-8-45-32(41)30(40)33(42)13-11-24(12-14-33)27-19-29(39-31(37-27)26(21-36-39)25-9-10-28(34)35-20-25)38(22-43-15-17-46(2,3)4)23-44-16-18-47(5,6)7/h10,19-21,24-25,30,40,42H,8-9,11-18,22-23H2,1-7H3. The summed E-state index contributed by atoms with van der Waals surface area (Å²) in [4.78, 5) is 23.9. The molecule has 0 spiro atoms. The van der Waals surface area contributed by atoms with Gasteiger partial charge in [-0.25, -0.2) is 14.8 Å². The normalized spacial score (nSPS) is 22.7. The lowest BCUT2D eigenvalue weighted by Gasteiger charge is -2.38. The van der Waals surface area contributed by atoms with Gasteiger partial charge in [0.1, 0.15) is 30.0 Å². The van der Waals surface area contributed by atoms with Crippen LogP contribution in [0.5, 0.6) is 0 Å². The van der Waals surface area contributed by atoms with Crippen molar-refractivity contribution in [2.24, 2.45) is 4.99 Å². The second kappa shape index (κ2) is 16.0. The number of carbonyl (C=O) groups excluding carboxylic acids is 1. The molecule has 1 saturated carbocycles. The molecule has 0 aromatic carbocycles. The molecule has 0 radical (unpaired) electrons. The van der Waals surface area contributed by atoms with E-state index in [9.17, 15) is 15.0 Å². The molecule has 0 saturated heterocycles. The molecule has 1 aliphatic carbocycles. The molecule has 14 heteroatoms. The summed E-state index contributed by atoms with van der Waals surface area (Å²) in [5.74, 6) is -0.0171. The number of fused-ring (bicyclic) bond motifs is 1. The van der Waals surface area contributed by atoms with Crippen molar-refractivity contribution in [1.82, 2.24) is 14.6 Å². The summed E-state index contributed by atoms with van der Waals surface area (Å²) in [6.45, 7) is 17.9. The van der Waals surface area contributed by atoms with E-state index in [0.717, 1.165) is 34.8 Å². The number of hydrogen-bond donors (Lipinski definition) is 2. The zero-order valence-electron chi connectivity index (χ0n) is 29.2. The maximum atomic E-state index is 12.3. The number of allylic oxidation sites excluding steroid dienone is 1. The van der Waals surface area contributed by atoms with Gasteiger partial charge in [0.15, 0.2) is 11.8 Å². The minimum absolute atomic E-state index is 0.00648. The number of hydrogen-bond acceptors (Lipinski definition) is 10. The molecule has 2 unspecified atom stereocenters. The minimum atomic E-state index is -1.58. The molecule has 2 aliphatic rings. The Labute approximate surface area is 286 Å². The highest BCUT2D eigenvalue weighted by atomic mass is 35.5. The number of anilines is 1. The van der Waals surface area contributed by atoms with E-state index in [0.29, 0.717) is 51.1 Å². The van der Waals surface area contributed by atoms with Crippen LogP contribution in [0.25, 0.3) is 5.65 Å². The van der Waals surface area contributed by atoms with Gasteiger partial charge in [-0.05, 0) is 57.2 Å². The third-order valence-corrected chi connectivity index (χ3v) is 12.6. The van der Waals surface area contributed by atoms with E-state index in [2.05, 4.69) is 55.2 Å². The highest BCUT2D eigenvalue weighted by Gasteiger charge is 2.44. The Morgan fingerprint density at radius 1 is 1.11 bits per heavy atom. The van der Waals surface area contributed by atoms with Crippen molar-refractivity contribution >= 4 is 51.4 Å². The van der Waals surface area contributed by atoms with Crippen LogP contribution in [-0.4, -0.2) is 98.1 Å². The Kier molecular flexibility index (Phi) is 12.9. The summed E-state index contributed by atoms with van der Waals surface area (Å²) in [7, 11) is -2.56. The number of halogens is 1. The van der Waals surface area contributed by atoms with Crippen LogP contribution in [0.4, 0.5) is 5.82 Å². The van der Waals surface area contributed by atoms with Gasteiger partial charge < -0.3 is 29.3 Å². The first-order chi connectivity index (χ1) is 22.1. The second-order valence-corrected chi connectivity index (χ2v) is 26.9. The lowest BCUT2D eigenvalue weighted by atomic mass is 9.74. The van der Waals surface area contributed by atoms with Crippen LogP contribution >= 0.6 is 11.6 Å². The molecule has 2 aromatic rings. The lowest BCUT2D eigenvalue weighted by Crippen LogP contribution is -2.49. The van der Waals surface area contributed by atoms with Crippen molar-refractivity contribution in [2.75, 3.05) is 38.2 Å². The van der Waals surface area contributed by atoms with Gasteiger partial charge in [-0.3, -0.25) is 0 Å². The van der Waals surface area contributed by atoms with Crippen LogP contribution in [0.3, 0.4) is 0 Å². The Morgan fingerprint density at radius 3 is 2.26 bits per heavy atom. The smallest absolute Gasteiger partial charge is 0.337 e. The van der Waals surface area contributed by atoms with Crippen LogP contribution in [-0.2, 0) is 19.0 Å². The number of aromatic nitrogens is 3. The molecule has 1 aliphatic heterocycles. The average Bonchev–Trinajstić information content (AvgIpc) is 3.43. The fourth-order valence-corrected chi connectivity index (χ4v) is 7.45.